The molecule has 0 amide bonds. The van der Waals surface area contributed by atoms with Gasteiger partial charge in [0, 0.05) is 5.56 Å². The number of ether oxygens (including phenoxy) is 3. The molecule has 2 heterocycles. The van der Waals surface area contributed by atoms with Crippen LogP contribution in [0.1, 0.15) is 67.3 Å². The number of hydrogen-bond donors (Lipinski definition) is 2. The SMILES string of the molecule is COc1cc([C@H]2CC(=O)c3c(O)c4c(c(CC=C(C)C)c3O2)OC(C)(C)C=C4)ccc1O. The van der Waals surface area contributed by atoms with Gasteiger partial charge in [-0.25, -0.2) is 0 Å². The van der Waals surface area contributed by atoms with Gasteiger partial charge in [0.2, 0.25) is 0 Å². The van der Waals surface area contributed by atoms with Crippen LogP contribution in [0.2, 0.25) is 0 Å². The number of carbonyl (C=O) groups excluding carboxylic acids is 1. The van der Waals surface area contributed by atoms with E-state index >= 15 is 0 Å². The number of methoxy groups -OCH3 is 1. The van der Waals surface area contributed by atoms with E-state index in [4.69, 9.17) is 14.2 Å². The summed E-state index contributed by atoms with van der Waals surface area (Å²) in [5, 5.41) is 20.9. The van der Waals surface area contributed by atoms with Crippen LogP contribution < -0.4 is 14.2 Å². The van der Waals surface area contributed by atoms with E-state index < -0.39 is 11.7 Å². The van der Waals surface area contributed by atoms with Gasteiger partial charge < -0.3 is 24.4 Å². The van der Waals surface area contributed by atoms with Crippen LogP contribution in [0.25, 0.3) is 6.08 Å². The van der Waals surface area contributed by atoms with Crippen molar-refractivity contribution in [3.63, 3.8) is 0 Å². The minimum Gasteiger partial charge on any atom is -0.506 e. The van der Waals surface area contributed by atoms with E-state index in [9.17, 15) is 15.0 Å². The lowest BCUT2D eigenvalue weighted by molar-refractivity contribution is 0.0839. The van der Waals surface area contributed by atoms with Crippen molar-refractivity contribution in [1.29, 1.82) is 0 Å². The number of hydrogen-bond acceptors (Lipinski definition) is 6. The highest BCUT2D eigenvalue weighted by molar-refractivity contribution is 6.05. The maximum absolute atomic E-state index is 13.2. The highest BCUT2D eigenvalue weighted by Gasteiger charge is 2.38. The third-order valence-electron chi connectivity index (χ3n) is 5.73. The highest BCUT2D eigenvalue weighted by atomic mass is 16.5. The Labute approximate surface area is 187 Å². The van der Waals surface area contributed by atoms with E-state index in [1.807, 2.05) is 45.9 Å². The number of Topliss-reactive ketones (excluding diaryl/α,β-unsaturated/α-hetero) is 1. The summed E-state index contributed by atoms with van der Waals surface area (Å²) < 4.78 is 17.8. The smallest absolute Gasteiger partial charge is 0.174 e. The predicted molar refractivity (Wildman–Crippen MR) is 122 cm³/mol. The second-order valence-corrected chi connectivity index (χ2v) is 8.96. The number of allylic oxidation sites excluding steroid dienone is 2. The van der Waals surface area contributed by atoms with Crippen molar-refractivity contribution in [2.45, 2.75) is 52.2 Å². The van der Waals surface area contributed by atoms with Crippen LogP contribution in [0, 0.1) is 0 Å². The first-order valence-corrected chi connectivity index (χ1v) is 10.6. The molecule has 0 saturated carbocycles. The Hall–Kier alpha value is -3.41. The quantitative estimate of drug-likeness (QED) is 0.615. The molecule has 2 aromatic carbocycles. The topological polar surface area (TPSA) is 85.2 Å². The second kappa shape index (κ2) is 7.93. The number of phenolic OH excluding ortho intramolecular Hbond substituents is 2. The van der Waals surface area contributed by atoms with Gasteiger partial charge in [-0.05, 0) is 64.0 Å². The molecule has 2 aliphatic heterocycles. The van der Waals surface area contributed by atoms with Crippen LogP contribution in [-0.4, -0.2) is 28.7 Å². The fourth-order valence-electron chi connectivity index (χ4n) is 4.03. The van der Waals surface area contributed by atoms with Gasteiger partial charge in [-0.1, -0.05) is 17.7 Å². The molecule has 168 valence electrons. The number of fused-ring (bicyclic) bond motifs is 2. The fraction of sp³-hybridized carbons (Fsp3) is 0.346. The first-order valence-electron chi connectivity index (χ1n) is 10.6. The van der Waals surface area contributed by atoms with Crippen molar-refractivity contribution in [1.82, 2.24) is 0 Å². The lowest BCUT2D eigenvalue weighted by atomic mass is 9.88. The molecule has 0 aromatic heterocycles. The first kappa shape index (κ1) is 21.8. The fourth-order valence-corrected chi connectivity index (χ4v) is 4.03. The number of phenols is 2. The molecular formula is C26H28O6. The Bertz CT molecular complexity index is 1150. The monoisotopic (exact) mass is 436 g/mol. The normalized spacial score (nSPS) is 18.2. The van der Waals surface area contributed by atoms with Crippen LogP contribution in [0.5, 0.6) is 28.7 Å². The molecule has 2 aromatic rings. The van der Waals surface area contributed by atoms with E-state index in [1.54, 1.807) is 12.1 Å². The maximum Gasteiger partial charge on any atom is 0.174 e. The minimum atomic E-state index is -0.584. The Morgan fingerprint density at radius 3 is 2.69 bits per heavy atom. The Morgan fingerprint density at radius 2 is 2.00 bits per heavy atom. The minimum absolute atomic E-state index is 0.0113. The van der Waals surface area contributed by atoms with Crippen molar-refractivity contribution >= 4 is 11.9 Å². The number of aromatic hydroxyl groups is 2. The molecular weight excluding hydrogens is 408 g/mol. The van der Waals surface area contributed by atoms with Gasteiger partial charge in [0.1, 0.15) is 34.5 Å². The molecule has 0 aliphatic carbocycles. The second-order valence-electron chi connectivity index (χ2n) is 8.96. The number of ketones is 1. The van der Waals surface area contributed by atoms with Gasteiger partial charge in [-0.15, -0.1) is 0 Å². The zero-order valence-electron chi connectivity index (χ0n) is 19.0. The van der Waals surface area contributed by atoms with E-state index in [1.165, 1.54) is 13.2 Å². The van der Waals surface area contributed by atoms with Gasteiger partial charge in [0.05, 0.1) is 19.1 Å². The van der Waals surface area contributed by atoms with Gasteiger partial charge in [-0.2, -0.15) is 0 Å². The average molecular weight is 437 g/mol. The van der Waals surface area contributed by atoms with E-state index in [0.717, 1.165) is 11.1 Å². The van der Waals surface area contributed by atoms with Gasteiger partial charge >= 0.3 is 0 Å². The van der Waals surface area contributed by atoms with Crippen molar-refractivity contribution in [2.75, 3.05) is 7.11 Å². The molecule has 0 saturated heterocycles. The molecule has 32 heavy (non-hydrogen) atoms. The molecule has 2 aliphatic rings. The zero-order chi connectivity index (χ0) is 23.2. The molecule has 6 nitrogen and oxygen atoms in total. The van der Waals surface area contributed by atoms with Crippen LogP contribution in [0.3, 0.4) is 0 Å². The number of carbonyl (C=O) groups is 1. The van der Waals surface area contributed by atoms with E-state index in [0.29, 0.717) is 34.8 Å². The largest absolute Gasteiger partial charge is 0.506 e. The molecule has 0 fully saturated rings. The van der Waals surface area contributed by atoms with Crippen LogP contribution >= 0.6 is 0 Å². The summed E-state index contributed by atoms with van der Waals surface area (Å²) in [4.78, 5) is 13.2. The summed E-state index contributed by atoms with van der Waals surface area (Å²) >= 11 is 0. The number of benzene rings is 2. The highest BCUT2D eigenvalue weighted by Crippen LogP contribution is 2.51. The predicted octanol–water partition coefficient (Wildman–Crippen LogP) is 5.51. The summed E-state index contributed by atoms with van der Waals surface area (Å²) in [5.41, 5.74) is 2.68. The molecule has 0 radical (unpaired) electrons. The van der Waals surface area contributed by atoms with Crippen molar-refractivity contribution in [3.8, 4) is 28.7 Å². The zero-order valence-corrected chi connectivity index (χ0v) is 19.0. The van der Waals surface area contributed by atoms with Crippen molar-refractivity contribution in [3.05, 3.63) is 58.2 Å². The Balaban J connectivity index is 1.88. The summed E-state index contributed by atoms with van der Waals surface area (Å²) in [7, 11) is 1.47. The van der Waals surface area contributed by atoms with Gasteiger partial charge in [0.25, 0.3) is 0 Å². The van der Waals surface area contributed by atoms with Crippen LogP contribution in [-0.2, 0) is 6.42 Å². The Kier molecular flexibility index (Phi) is 5.41. The maximum atomic E-state index is 13.2. The average Bonchev–Trinajstić information content (AvgIpc) is 2.72. The summed E-state index contributed by atoms with van der Waals surface area (Å²) in [6, 6.07) is 4.88. The van der Waals surface area contributed by atoms with Gasteiger partial charge in [0.15, 0.2) is 17.3 Å². The molecule has 4 rings (SSSR count). The van der Waals surface area contributed by atoms with Crippen molar-refractivity contribution in [2.24, 2.45) is 0 Å². The van der Waals surface area contributed by atoms with E-state index in [2.05, 4.69) is 0 Å². The number of rotatable bonds is 4. The molecule has 2 N–H and O–H groups in total. The lowest BCUT2D eigenvalue weighted by Gasteiger charge is -2.34. The first-order chi connectivity index (χ1) is 15.1. The summed E-state index contributed by atoms with van der Waals surface area (Å²) in [6.45, 7) is 7.87. The lowest BCUT2D eigenvalue weighted by Crippen LogP contribution is -2.29. The summed E-state index contributed by atoms with van der Waals surface area (Å²) in [5.74, 6) is 0.866. The third-order valence-corrected chi connectivity index (χ3v) is 5.73. The molecule has 0 unspecified atom stereocenters. The third kappa shape index (κ3) is 3.81. The summed E-state index contributed by atoms with van der Waals surface area (Å²) in [6.07, 6.45) is 5.69. The van der Waals surface area contributed by atoms with E-state index in [-0.39, 0.29) is 29.3 Å². The van der Waals surface area contributed by atoms with Crippen molar-refractivity contribution < 1.29 is 29.2 Å². The van der Waals surface area contributed by atoms with Crippen LogP contribution in [0.4, 0.5) is 0 Å². The molecule has 0 spiro atoms. The van der Waals surface area contributed by atoms with Gasteiger partial charge in [-0.3, -0.25) is 4.79 Å². The van der Waals surface area contributed by atoms with Crippen LogP contribution in [0.15, 0.2) is 35.9 Å². The molecule has 6 heteroatoms. The molecule has 0 bridgehead atoms. The molecule has 1 atom stereocenters. The Morgan fingerprint density at radius 1 is 1.25 bits per heavy atom. The standard InChI is InChI=1S/C26H28O6/c1-14(2)6-8-17-24-16(10-11-26(3,4)32-24)23(29)22-19(28)13-20(31-25(17)22)15-7-9-18(27)21(12-15)30-5/h6-7,9-12,20,27,29H,8,13H2,1-5H3/t20-/m1/s1.